The molecule has 3 rings (SSSR count). The molecule has 0 radical (unpaired) electrons. The van der Waals surface area contributed by atoms with Gasteiger partial charge in [-0.3, -0.25) is 0 Å². The van der Waals surface area contributed by atoms with Gasteiger partial charge in [-0.05, 0) is 31.5 Å². The third kappa shape index (κ3) is 3.43. The molecular weight excluding hydrogens is 360 g/mol. The molecule has 4 nitrogen and oxygen atoms in total. The molecule has 7 heteroatoms. The molecule has 0 saturated heterocycles. The Bertz CT molecular complexity index is 881. The number of aromatic nitrogens is 2. The molecule has 2 aromatic heterocycles. The van der Waals surface area contributed by atoms with Crippen LogP contribution in [0.15, 0.2) is 36.8 Å². The molecule has 0 aromatic carbocycles. The summed E-state index contributed by atoms with van der Waals surface area (Å²) in [5, 5.41) is 0.468. The van der Waals surface area contributed by atoms with Gasteiger partial charge in [-0.1, -0.05) is 18.2 Å². The van der Waals surface area contributed by atoms with Gasteiger partial charge in [0.2, 0.25) is 5.88 Å². The summed E-state index contributed by atoms with van der Waals surface area (Å²) in [5.74, 6) is 0.220. The number of aryl methyl sites for hydroxylation is 1. The molecular formula is C19H18ClF2N3O. The van der Waals surface area contributed by atoms with Gasteiger partial charge >= 0.3 is 0 Å². The van der Waals surface area contributed by atoms with Crippen LogP contribution in [0, 0.1) is 6.92 Å². The van der Waals surface area contributed by atoms with Crippen molar-refractivity contribution in [1.82, 2.24) is 14.9 Å². The van der Waals surface area contributed by atoms with E-state index in [-0.39, 0.29) is 11.9 Å². The van der Waals surface area contributed by atoms with Crippen LogP contribution >= 0.6 is 11.6 Å². The van der Waals surface area contributed by atoms with Gasteiger partial charge in [0.25, 0.3) is 6.43 Å². The van der Waals surface area contributed by atoms with Crippen molar-refractivity contribution in [1.29, 1.82) is 0 Å². The molecule has 1 aliphatic heterocycles. The predicted molar refractivity (Wildman–Crippen MR) is 96.2 cm³/mol. The number of rotatable bonds is 5. The van der Waals surface area contributed by atoms with Crippen LogP contribution in [0.25, 0.3) is 5.70 Å². The van der Waals surface area contributed by atoms with E-state index in [4.69, 9.17) is 16.3 Å². The van der Waals surface area contributed by atoms with Crippen molar-refractivity contribution in [3.05, 3.63) is 64.2 Å². The molecule has 0 fully saturated rings. The van der Waals surface area contributed by atoms with E-state index < -0.39 is 13.0 Å². The minimum absolute atomic E-state index is 0.0435. The van der Waals surface area contributed by atoms with Crippen LogP contribution < -0.4 is 4.74 Å². The maximum absolute atomic E-state index is 12.3. The summed E-state index contributed by atoms with van der Waals surface area (Å²) < 4.78 is 29.7. The first-order valence-electron chi connectivity index (χ1n) is 8.10. The first kappa shape index (κ1) is 18.4. The smallest absolute Gasteiger partial charge is 0.272 e. The van der Waals surface area contributed by atoms with Crippen molar-refractivity contribution in [3.8, 4) is 5.88 Å². The quantitative estimate of drug-likeness (QED) is 0.555. The van der Waals surface area contributed by atoms with E-state index >= 15 is 0 Å². The maximum atomic E-state index is 12.3. The summed E-state index contributed by atoms with van der Waals surface area (Å²) in [4.78, 5) is 10.4. The number of pyridine rings is 2. The maximum Gasteiger partial charge on any atom is 0.272 e. The van der Waals surface area contributed by atoms with E-state index in [0.29, 0.717) is 17.3 Å². The lowest BCUT2D eigenvalue weighted by Gasteiger charge is -2.27. The number of hydrogen-bond donors (Lipinski definition) is 0. The van der Waals surface area contributed by atoms with Crippen molar-refractivity contribution in [2.75, 3.05) is 6.61 Å². The average molecular weight is 378 g/mol. The third-order valence-corrected chi connectivity index (χ3v) is 4.71. The molecule has 3 heterocycles. The van der Waals surface area contributed by atoms with Crippen LogP contribution in [0.2, 0.25) is 5.15 Å². The molecule has 2 aromatic rings. The van der Waals surface area contributed by atoms with Crippen LogP contribution in [0.1, 0.15) is 35.2 Å². The minimum Gasteiger partial charge on any atom is -0.471 e. The van der Waals surface area contributed by atoms with E-state index in [1.54, 1.807) is 19.3 Å². The summed E-state index contributed by atoms with van der Waals surface area (Å²) in [6, 6.07) is 3.74. The van der Waals surface area contributed by atoms with Crippen LogP contribution in [-0.4, -0.2) is 27.9 Å². The fourth-order valence-corrected chi connectivity index (χ4v) is 3.27. The van der Waals surface area contributed by atoms with Gasteiger partial charge < -0.3 is 9.64 Å². The van der Waals surface area contributed by atoms with Gasteiger partial charge in [-0.2, -0.15) is 0 Å². The lowest BCUT2D eigenvalue weighted by atomic mass is 10.1. The number of halogens is 3. The SMILES string of the molecule is C=C=C1c2ccnc(Cl)c2CN1C(C)c1cnc(OCC(F)F)c(C)c1. The highest BCUT2D eigenvalue weighted by atomic mass is 35.5. The van der Waals surface area contributed by atoms with Crippen LogP contribution in [-0.2, 0) is 6.54 Å². The Balaban J connectivity index is 1.86. The van der Waals surface area contributed by atoms with Crippen molar-refractivity contribution >= 4 is 17.3 Å². The summed E-state index contributed by atoms with van der Waals surface area (Å²) in [6.45, 7) is 7.53. The summed E-state index contributed by atoms with van der Waals surface area (Å²) in [6.07, 6.45) is 0.770. The predicted octanol–water partition coefficient (Wildman–Crippen LogP) is 4.78. The lowest BCUT2D eigenvalue weighted by molar-refractivity contribution is 0.0792. The van der Waals surface area contributed by atoms with Crippen molar-refractivity contribution in [2.45, 2.75) is 32.9 Å². The van der Waals surface area contributed by atoms with Crippen molar-refractivity contribution < 1.29 is 13.5 Å². The highest BCUT2D eigenvalue weighted by Crippen LogP contribution is 2.40. The molecule has 0 bridgehead atoms. The second kappa shape index (κ2) is 7.44. The zero-order valence-electron chi connectivity index (χ0n) is 14.5. The molecule has 0 N–H and O–H groups in total. The Morgan fingerprint density at radius 3 is 2.85 bits per heavy atom. The van der Waals surface area contributed by atoms with Crippen molar-refractivity contribution in [3.63, 3.8) is 0 Å². The Kier molecular flexibility index (Phi) is 5.25. The Morgan fingerprint density at radius 2 is 2.19 bits per heavy atom. The Hall–Kier alpha value is -2.43. The average Bonchev–Trinajstić information content (AvgIpc) is 2.99. The molecule has 1 unspecified atom stereocenters. The molecule has 0 saturated carbocycles. The standard InChI is InChI=1S/C19H18ClF2N3O/c1-4-16-14-5-6-23-18(20)15(14)9-25(16)12(3)13-7-11(2)19(24-8-13)26-10-17(21)22/h5-8,12,17H,1,9-10H2,2-3H3. The second-order valence-corrected chi connectivity index (χ2v) is 6.41. The summed E-state index contributed by atoms with van der Waals surface area (Å²) in [7, 11) is 0. The van der Waals surface area contributed by atoms with E-state index in [1.807, 2.05) is 19.1 Å². The highest BCUT2D eigenvalue weighted by molar-refractivity contribution is 6.30. The van der Waals surface area contributed by atoms with Gasteiger partial charge in [-0.25, -0.2) is 18.7 Å². The highest BCUT2D eigenvalue weighted by Gasteiger charge is 2.30. The lowest BCUT2D eigenvalue weighted by Crippen LogP contribution is -2.20. The number of ether oxygens (including phenoxy) is 1. The van der Waals surface area contributed by atoms with Gasteiger partial charge in [0, 0.05) is 35.6 Å². The fraction of sp³-hybridized carbons (Fsp3) is 0.316. The van der Waals surface area contributed by atoms with Gasteiger partial charge in [-0.15, -0.1) is 5.73 Å². The van der Waals surface area contributed by atoms with E-state index in [2.05, 4.69) is 27.2 Å². The molecule has 0 amide bonds. The van der Waals surface area contributed by atoms with E-state index in [1.165, 1.54) is 0 Å². The molecule has 136 valence electrons. The van der Waals surface area contributed by atoms with E-state index in [0.717, 1.165) is 22.4 Å². The van der Waals surface area contributed by atoms with Crippen LogP contribution in [0.4, 0.5) is 8.78 Å². The third-order valence-electron chi connectivity index (χ3n) is 4.39. The summed E-state index contributed by atoms with van der Waals surface area (Å²) >= 11 is 6.22. The summed E-state index contributed by atoms with van der Waals surface area (Å²) in [5.41, 5.74) is 7.38. The number of hydrogen-bond acceptors (Lipinski definition) is 4. The van der Waals surface area contributed by atoms with E-state index in [9.17, 15) is 8.78 Å². The molecule has 26 heavy (non-hydrogen) atoms. The Morgan fingerprint density at radius 1 is 1.42 bits per heavy atom. The molecule has 1 aliphatic rings. The first-order chi connectivity index (χ1) is 12.4. The van der Waals surface area contributed by atoms with Crippen LogP contribution in [0.3, 0.4) is 0 Å². The fourth-order valence-electron chi connectivity index (χ4n) is 3.06. The van der Waals surface area contributed by atoms with Gasteiger partial charge in [0.15, 0.2) is 6.61 Å². The largest absolute Gasteiger partial charge is 0.471 e. The zero-order valence-corrected chi connectivity index (χ0v) is 15.2. The normalized spacial score (nSPS) is 14.4. The minimum atomic E-state index is -2.53. The second-order valence-electron chi connectivity index (χ2n) is 6.05. The first-order valence-corrected chi connectivity index (χ1v) is 8.48. The Labute approximate surface area is 155 Å². The molecule has 1 atom stereocenters. The number of alkyl halides is 2. The van der Waals surface area contributed by atoms with Gasteiger partial charge in [0.05, 0.1) is 11.7 Å². The zero-order chi connectivity index (χ0) is 18.8. The van der Waals surface area contributed by atoms with Crippen LogP contribution in [0.5, 0.6) is 5.88 Å². The molecule has 0 aliphatic carbocycles. The number of nitrogens with zero attached hydrogens (tertiary/aromatic N) is 3. The number of fused-ring (bicyclic) bond motifs is 1. The molecule has 0 spiro atoms. The van der Waals surface area contributed by atoms with Gasteiger partial charge in [0.1, 0.15) is 5.15 Å². The topological polar surface area (TPSA) is 38.2 Å². The van der Waals surface area contributed by atoms with Crippen molar-refractivity contribution in [2.24, 2.45) is 0 Å². The monoisotopic (exact) mass is 377 g/mol.